The first kappa shape index (κ1) is 17.3. The van der Waals surface area contributed by atoms with Gasteiger partial charge < -0.3 is 10.5 Å². The molecule has 0 amide bonds. The fraction of sp³-hybridized carbons (Fsp3) is 1.00. The van der Waals surface area contributed by atoms with Crippen molar-refractivity contribution in [1.29, 1.82) is 0 Å². The van der Waals surface area contributed by atoms with Crippen molar-refractivity contribution in [3.63, 3.8) is 0 Å². The van der Waals surface area contributed by atoms with Gasteiger partial charge in [0.25, 0.3) is 0 Å². The first-order valence-corrected chi connectivity index (χ1v) is 8.78. The smallest absolute Gasteiger partial charge is 0.0590 e. The Kier molecular flexibility index (Phi) is 7.73. The van der Waals surface area contributed by atoms with Crippen LogP contribution in [0.5, 0.6) is 0 Å². The predicted molar refractivity (Wildman–Crippen MR) is 85.9 cm³/mol. The van der Waals surface area contributed by atoms with Crippen LogP contribution in [0.3, 0.4) is 0 Å². The normalized spacial score (nSPS) is 28.3. The SMILES string of the molecule is CCC(CC)N(CCOC)C1(CN)CCCSC1C. The summed E-state index contributed by atoms with van der Waals surface area (Å²) in [5, 5.41) is 0.615. The van der Waals surface area contributed by atoms with Gasteiger partial charge in [-0.3, -0.25) is 4.90 Å². The molecule has 2 atom stereocenters. The van der Waals surface area contributed by atoms with Crippen molar-refractivity contribution in [2.24, 2.45) is 5.73 Å². The summed E-state index contributed by atoms with van der Waals surface area (Å²) >= 11 is 2.09. The van der Waals surface area contributed by atoms with Crippen LogP contribution >= 0.6 is 11.8 Å². The molecule has 19 heavy (non-hydrogen) atoms. The third kappa shape index (κ3) is 3.87. The monoisotopic (exact) mass is 288 g/mol. The van der Waals surface area contributed by atoms with Crippen molar-refractivity contribution in [3.8, 4) is 0 Å². The van der Waals surface area contributed by atoms with E-state index in [-0.39, 0.29) is 5.54 Å². The third-order valence-corrected chi connectivity index (χ3v) is 6.19. The maximum absolute atomic E-state index is 6.25. The summed E-state index contributed by atoms with van der Waals surface area (Å²) in [4.78, 5) is 2.67. The molecule has 0 radical (unpaired) electrons. The highest BCUT2D eigenvalue weighted by atomic mass is 32.2. The third-order valence-electron chi connectivity index (χ3n) is 4.72. The number of thioether (sulfide) groups is 1. The van der Waals surface area contributed by atoms with Crippen LogP contribution in [0.1, 0.15) is 46.5 Å². The van der Waals surface area contributed by atoms with Gasteiger partial charge in [0.05, 0.1) is 6.61 Å². The summed E-state index contributed by atoms with van der Waals surface area (Å²) in [5.41, 5.74) is 6.42. The van der Waals surface area contributed by atoms with Crippen LogP contribution in [0.25, 0.3) is 0 Å². The van der Waals surface area contributed by atoms with Crippen molar-refractivity contribution < 1.29 is 4.74 Å². The standard InChI is InChI=1S/C15H32N2OS/c1-5-14(6-2)17(9-10-18-4)15(12-16)8-7-11-19-13(15)3/h13-14H,5-12,16H2,1-4H3. The molecule has 3 nitrogen and oxygen atoms in total. The minimum absolute atomic E-state index is 0.165. The van der Waals surface area contributed by atoms with E-state index in [4.69, 9.17) is 10.5 Å². The van der Waals surface area contributed by atoms with Gasteiger partial charge in [0.2, 0.25) is 0 Å². The topological polar surface area (TPSA) is 38.5 Å². The van der Waals surface area contributed by atoms with Crippen LogP contribution in [0.4, 0.5) is 0 Å². The second-order valence-electron chi connectivity index (χ2n) is 5.58. The van der Waals surface area contributed by atoms with E-state index in [1.165, 1.54) is 31.4 Å². The van der Waals surface area contributed by atoms with Gasteiger partial charge >= 0.3 is 0 Å². The molecular formula is C15H32N2OS. The highest BCUT2D eigenvalue weighted by Gasteiger charge is 2.44. The second-order valence-corrected chi connectivity index (χ2v) is 7.03. The van der Waals surface area contributed by atoms with Crippen LogP contribution in [-0.2, 0) is 4.74 Å². The molecule has 1 saturated heterocycles. The van der Waals surface area contributed by atoms with Gasteiger partial charge in [0, 0.05) is 37.0 Å². The maximum Gasteiger partial charge on any atom is 0.0590 e. The fourth-order valence-electron chi connectivity index (χ4n) is 3.45. The van der Waals surface area contributed by atoms with Crippen LogP contribution in [-0.4, -0.2) is 54.3 Å². The van der Waals surface area contributed by atoms with Gasteiger partial charge in [-0.2, -0.15) is 11.8 Å². The van der Waals surface area contributed by atoms with Crippen molar-refractivity contribution >= 4 is 11.8 Å². The molecule has 0 aromatic rings. The van der Waals surface area contributed by atoms with Crippen molar-refractivity contribution in [1.82, 2.24) is 4.90 Å². The molecule has 2 N–H and O–H groups in total. The van der Waals surface area contributed by atoms with Crippen LogP contribution in [0.15, 0.2) is 0 Å². The number of methoxy groups -OCH3 is 1. The molecule has 114 valence electrons. The largest absolute Gasteiger partial charge is 0.383 e. The Bertz CT molecular complexity index is 248. The summed E-state index contributed by atoms with van der Waals surface area (Å²) in [6.45, 7) is 9.51. The van der Waals surface area contributed by atoms with Crippen LogP contribution < -0.4 is 5.73 Å². The zero-order valence-corrected chi connectivity index (χ0v) is 14.0. The summed E-state index contributed by atoms with van der Waals surface area (Å²) in [7, 11) is 1.79. The summed E-state index contributed by atoms with van der Waals surface area (Å²) in [5.74, 6) is 1.28. The molecule has 0 saturated carbocycles. The van der Waals surface area contributed by atoms with Gasteiger partial charge in [-0.1, -0.05) is 20.8 Å². The number of nitrogens with two attached hydrogens (primary N) is 1. The molecule has 2 unspecified atom stereocenters. The quantitative estimate of drug-likeness (QED) is 0.745. The molecule has 1 fully saturated rings. The van der Waals surface area contributed by atoms with E-state index < -0.39 is 0 Å². The molecule has 1 heterocycles. The summed E-state index contributed by atoms with van der Waals surface area (Å²) in [6, 6.07) is 0.625. The lowest BCUT2D eigenvalue weighted by Crippen LogP contribution is -2.64. The van der Waals surface area contributed by atoms with E-state index in [1.807, 2.05) is 0 Å². The van der Waals surface area contributed by atoms with Crippen LogP contribution in [0, 0.1) is 0 Å². The Hall–Kier alpha value is 0.230. The fourth-order valence-corrected chi connectivity index (χ4v) is 4.77. The summed E-state index contributed by atoms with van der Waals surface area (Å²) in [6.07, 6.45) is 4.91. The van der Waals surface area contributed by atoms with Gasteiger partial charge in [-0.25, -0.2) is 0 Å². The molecule has 0 aliphatic carbocycles. The predicted octanol–water partition coefficient (Wildman–Crippen LogP) is 2.74. The number of hydrogen-bond acceptors (Lipinski definition) is 4. The van der Waals surface area contributed by atoms with E-state index in [1.54, 1.807) is 7.11 Å². The molecule has 0 spiro atoms. The van der Waals surface area contributed by atoms with Gasteiger partial charge in [0.1, 0.15) is 0 Å². The highest BCUT2D eigenvalue weighted by molar-refractivity contribution is 8.00. The molecule has 4 heteroatoms. The second kappa shape index (κ2) is 8.50. The van der Waals surface area contributed by atoms with Gasteiger partial charge in [0.15, 0.2) is 0 Å². The molecule has 1 aliphatic heterocycles. The molecule has 1 rings (SSSR count). The van der Waals surface area contributed by atoms with Crippen LogP contribution in [0.2, 0.25) is 0 Å². The lowest BCUT2D eigenvalue weighted by Gasteiger charge is -2.52. The van der Waals surface area contributed by atoms with Crippen molar-refractivity contribution in [3.05, 3.63) is 0 Å². The Morgan fingerprint density at radius 2 is 2.11 bits per heavy atom. The highest BCUT2D eigenvalue weighted by Crippen LogP contribution is 2.39. The first-order valence-electron chi connectivity index (χ1n) is 7.73. The molecular weight excluding hydrogens is 256 g/mol. The molecule has 0 bridgehead atoms. The number of hydrogen-bond donors (Lipinski definition) is 1. The maximum atomic E-state index is 6.25. The summed E-state index contributed by atoms with van der Waals surface area (Å²) < 4.78 is 5.34. The van der Waals surface area contributed by atoms with Gasteiger partial charge in [-0.15, -0.1) is 0 Å². The van der Waals surface area contributed by atoms with E-state index >= 15 is 0 Å². The number of nitrogens with zero attached hydrogens (tertiary/aromatic N) is 1. The van der Waals surface area contributed by atoms with Gasteiger partial charge in [-0.05, 0) is 31.4 Å². The lowest BCUT2D eigenvalue weighted by atomic mass is 9.85. The zero-order chi connectivity index (χ0) is 14.3. The minimum atomic E-state index is 0.165. The Morgan fingerprint density at radius 1 is 1.42 bits per heavy atom. The zero-order valence-electron chi connectivity index (χ0n) is 13.2. The van der Waals surface area contributed by atoms with E-state index in [0.29, 0.717) is 11.3 Å². The Labute approximate surface area is 123 Å². The molecule has 0 aromatic heterocycles. The number of rotatable bonds is 8. The Morgan fingerprint density at radius 3 is 2.58 bits per heavy atom. The van der Waals surface area contributed by atoms with Crippen molar-refractivity contribution in [2.75, 3.05) is 32.6 Å². The molecule has 0 aromatic carbocycles. The van der Waals surface area contributed by atoms with E-state index in [9.17, 15) is 0 Å². The Balaban J connectivity index is 2.95. The average Bonchev–Trinajstić information content (AvgIpc) is 2.45. The first-order chi connectivity index (χ1) is 9.16. The van der Waals surface area contributed by atoms with Crippen molar-refractivity contribution in [2.45, 2.75) is 63.3 Å². The van der Waals surface area contributed by atoms with E-state index in [0.717, 1.165) is 19.7 Å². The molecule has 1 aliphatic rings. The number of ether oxygens (including phenoxy) is 1. The van der Waals surface area contributed by atoms with E-state index in [2.05, 4.69) is 37.4 Å². The minimum Gasteiger partial charge on any atom is -0.383 e. The average molecular weight is 289 g/mol. The lowest BCUT2D eigenvalue weighted by molar-refractivity contribution is 0.0125.